The molecule has 0 saturated heterocycles. The lowest BCUT2D eigenvalue weighted by molar-refractivity contribution is 0.111. The van der Waals surface area contributed by atoms with Crippen LogP contribution < -0.4 is 4.74 Å². The highest BCUT2D eigenvalue weighted by Gasteiger charge is 2.02. The molecule has 0 saturated carbocycles. The normalized spacial score (nSPS) is 9.50. The van der Waals surface area contributed by atoms with Gasteiger partial charge >= 0.3 is 0 Å². The van der Waals surface area contributed by atoms with Gasteiger partial charge in [-0.2, -0.15) is 0 Å². The summed E-state index contributed by atoms with van der Waals surface area (Å²) in [6.45, 7) is 2.27. The number of aldehydes is 1. The molecule has 0 unspecified atom stereocenters. The fourth-order valence-electron chi connectivity index (χ4n) is 0.898. The molecule has 0 spiro atoms. The summed E-state index contributed by atoms with van der Waals surface area (Å²) in [4.78, 5) is 10.4. The van der Waals surface area contributed by atoms with Gasteiger partial charge in [0.1, 0.15) is 11.6 Å². The molecule has 1 aromatic rings. The van der Waals surface area contributed by atoms with Crippen molar-refractivity contribution in [2.24, 2.45) is 0 Å². The molecule has 3 heteroatoms. The third kappa shape index (κ3) is 1.81. The lowest BCUT2D eigenvalue weighted by atomic mass is 10.2. The molecule has 1 rings (SSSR count). The Hall–Kier alpha value is -1.38. The first kappa shape index (κ1) is 8.71. The highest BCUT2D eigenvalue weighted by Crippen LogP contribution is 2.17. The third-order valence-corrected chi connectivity index (χ3v) is 1.40. The van der Waals surface area contributed by atoms with Crippen molar-refractivity contribution in [2.45, 2.75) is 6.92 Å². The van der Waals surface area contributed by atoms with Crippen LogP contribution >= 0.6 is 0 Å². The van der Waals surface area contributed by atoms with E-state index in [-0.39, 0.29) is 5.56 Å². The highest BCUT2D eigenvalue weighted by atomic mass is 19.1. The van der Waals surface area contributed by atoms with E-state index < -0.39 is 5.82 Å². The summed E-state index contributed by atoms with van der Waals surface area (Å²) in [6.07, 6.45) is 0.577. The average molecular weight is 168 g/mol. The number of rotatable bonds is 3. The van der Waals surface area contributed by atoms with E-state index in [2.05, 4.69) is 0 Å². The van der Waals surface area contributed by atoms with Crippen LogP contribution in [0.3, 0.4) is 0 Å². The number of carbonyl (C=O) groups excluding carboxylic acids is 1. The molecule has 0 amide bonds. The molecule has 0 atom stereocenters. The van der Waals surface area contributed by atoms with Crippen LogP contribution in [-0.2, 0) is 0 Å². The van der Waals surface area contributed by atoms with Crippen molar-refractivity contribution in [2.75, 3.05) is 6.61 Å². The second kappa shape index (κ2) is 3.85. The van der Waals surface area contributed by atoms with E-state index in [1.54, 1.807) is 6.92 Å². The van der Waals surface area contributed by atoms with E-state index in [0.717, 1.165) is 6.07 Å². The first-order chi connectivity index (χ1) is 5.77. The number of hydrogen-bond acceptors (Lipinski definition) is 2. The van der Waals surface area contributed by atoms with E-state index >= 15 is 0 Å². The number of hydrogen-bond donors (Lipinski definition) is 0. The summed E-state index contributed by atoms with van der Waals surface area (Å²) in [5, 5.41) is 0. The summed E-state index contributed by atoms with van der Waals surface area (Å²) >= 11 is 0. The first-order valence-electron chi connectivity index (χ1n) is 3.65. The molecular formula is C9H9FO2. The van der Waals surface area contributed by atoms with Gasteiger partial charge in [-0.3, -0.25) is 4.79 Å². The van der Waals surface area contributed by atoms with Gasteiger partial charge in [-0.05, 0) is 25.1 Å². The molecule has 0 fully saturated rings. The van der Waals surface area contributed by atoms with Gasteiger partial charge in [0, 0.05) is 0 Å². The van der Waals surface area contributed by atoms with Crippen molar-refractivity contribution < 1.29 is 13.9 Å². The largest absolute Gasteiger partial charge is 0.493 e. The van der Waals surface area contributed by atoms with E-state index in [1.807, 2.05) is 0 Å². The van der Waals surface area contributed by atoms with Gasteiger partial charge in [-0.1, -0.05) is 0 Å². The summed E-state index contributed by atoms with van der Waals surface area (Å²) in [5.74, 6) is -0.00514. The molecule has 0 bridgehead atoms. The van der Waals surface area contributed by atoms with Crippen LogP contribution in [0.1, 0.15) is 17.3 Å². The zero-order chi connectivity index (χ0) is 8.97. The van der Waals surface area contributed by atoms with Crippen LogP contribution in [0.4, 0.5) is 4.39 Å². The average Bonchev–Trinajstić information content (AvgIpc) is 2.08. The monoisotopic (exact) mass is 168 g/mol. The van der Waals surface area contributed by atoms with Crippen LogP contribution in [0.2, 0.25) is 0 Å². The fourth-order valence-corrected chi connectivity index (χ4v) is 0.898. The molecule has 0 aliphatic carbocycles. The molecule has 0 radical (unpaired) electrons. The molecule has 1 aromatic carbocycles. The number of carbonyl (C=O) groups is 1. The number of halogens is 1. The Kier molecular flexibility index (Phi) is 2.80. The molecule has 0 aliphatic rings. The fraction of sp³-hybridized carbons (Fsp3) is 0.222. The van der Waals surface area contributed by atoms with E-state index in [4.69, 9.17) is 4.74 Å². The Morgan fingerprint density at radius 2 is 2.33 bits per heavy atom. The maximum atomic E-state index is 12.6. The van der Waals surface area contributed by atoms with Crippen LogP contribution in [0, 0.1) is 5.82 Å². The van der Waals surface area contributed by atoms with Gasteiger partial charge in [-0.15, -0.1) is 0 Å². The van der Waals surface area contributed by atoms with Crippen molar-refractivity contribution in [3.63, 3.8) is 0 Å². The van der Waals surface area contributed by atoms with Gasteiger partial charge in [-0.25, -0.2) is 4.39 Å². The van der Waals surface area contributed by atoms with Gasteiger partial charge in [0.2, 0.25) is 0 Å². The molecule has 0 heterocycles. The minimum Gasteiger partial charge on any atom is -0.493 e. The number of benzene rings is 1. The lowest BCUT2D eigenvalue weighted by Crippen LogP contribution is -1.96. The lowest BCUT2D eigenvalue weighted by Gasteiger charge is -2.04. The predicted octanol–water partition coefficient (Wildman–Crippen LogP) is 2.04. The van der Waals surface area contributed by atoms with Crippen LogP contribution in [0.5, 0.6) is 5.75 Å². The third-order valence-electron chi connectivity index (χ3n) is 1.40. The van der Waals surface area contributed by atoms with Gasteiger partial charge < -0.3 is 4.74 Å². The van der Waals surface area contributed by atoms with Crippen molar-refractivity contribution in [1.82, 2.24) is 0 Å². The topological polar surface area (TPSA) is 26.3 Å². The zero-order valence-corrected chi connectivity index (χ0v) is 6.71. The Bertz CT molecular complexity index is 284. The summed E-state index contributed by atoms with van der Waals surface area (Å²) < 4.78 is 17.6. The molecular weight excluding hydrogens is 159 g/mol. The molecule has 0 aliphatic heterocycles. The van der Waals surface area contributed by atoms with Gasteiger partial charge in [0.05, 0.1) is 12.2 Å². The highest BCUT2D eigenvalue weighted by molar-refractivity contribution is 5.79. The summed E-state index contributed by atoms with van der Waals surface area (Å²) in [7, 11) is 0. The quantitative estimate of drug-likeness (QED) is 0.645. The minimum atomic E-state index is -0.430. The second-order valence-electron chi connectivity index (χ2n) is 2.23. The molecule has 2 nitrogen and oxygen atoms in total. The first-order valence-corrected chi connectivity index (χ1v) is 3.65. The van der Waals surface area contributed by atoms with E-state index in [1.165, 1.54) is 12.1 Å². The number of ether oxygens (including phenoxy) is 1. The maximum Gasteiger partial charge on any atom is 0.153 e. The molecule has 12 heavy (non-hydrogen) atoms. The molecule has 0 N–H and O–H groups in total. The van der Waals surface area contributed by atoms with Crippen LogP contribution in [-0.4, -0.2) is 12.9 Å². The van der Waals surface area contributed by atoms with Crippen molar-refractivity contribution in [1.29, 1.82) is 0 Å². The zero-order valence-electron chi connectivity index (χ0n) is 6.71. The van der Waals surface area contributed by atoms with E-state index in [0.29, 0.717) is 18.6 Å². The predicted molar refractivity (Wildman–Crippen MR) is 43.0 cm³/mol. The Labute approximate surface area is 70.0 Å². The second-order valence-corrected chi connectivity index (χ2v) is 2.23. The van der Waals surface area contributed by atoms with E-state index in [9.17, 15) is 9.18 Å². The van der Waals surface area contributed by atoms with Crippen molar-refractivity contribution in [3.05, 3.63) is 29.6 Å². The van der Waals surface area contributed by atoms with Crippen LogP contribution in [0.25, 0.3) is 0 Å². The standard InChI is InChI=1S/C9H9FO2/c1-2-12-9-4-3-8(10)5-7(9)6-11/h3-6H,2H2,1H3. The Morgan fingerprint density at radius 3 is 2.92 bits per heavy atom. The van der Waals surface area contributed by atoms with Crippen molar-refractivity contribution in [3.8, 4) is 5.75 Å². The minimum absolute atomic E-state index is 0.247. The van der Waals surface area contributed by atoms with Crippen LogP contribution in [0.15, 0.2) is 18.2 Å². The van der Waals surface area contributed by atoms with Gasteiger partial charge in [0.25, 0.3) is 0 Å². The smallest absolute Gasteiger partial charge is 0.153 e. The summed E-state index contributed by atoms with van der Waals surface area (Å²) in [6, 6.07) is 3.86. The Balaban J connectivity index is 3.02. The molecule has 64 valence electrons. The van der Waals surface area contributed by atoms with Crippen molar-refractivity contribution >= 4 is 6.29 Å². The SMILES string of the molecule is CCOc1ccc(F)cc1C=O. The Morgan fingerprint density at radius 1 is 1.58 bits per heavy atom. The summed E-state index contributed by atoms with van der Waals surface area (Å²) in [5.41, 5.74) is 0.247. The maximum absolute atomic E-state index is 12.6. The molecule has 0 aromatic heterocycles. The van der Waals surface area contributed by atoms with Gasteiger partial charge in [0.15, 0.2) is 6.29 Å².